The summed E-state index contributed by atoms with van der Waals surface area (Å²) in [7, 11) is 0. The minimum atomic E-state index is -2.09. The molecule has 0 spiro atoms. The molecule has 0 saturated carbocycles. The summed E-state index contributed by atoms with van der Waals surface area (Å²) < 4.78 is 4.43. The maximum absolute atomic E-state index is 10.0. The van der Waals surface area contributed by atoms with Crippen molar-refractivity contribution in [3.8, 4) is 0 Å². The van der Waals surface area contributed by atoms with Gasteiger partial charge in [-0.1, -0.05) is 0 Å². The van der Waals surface area contributed by atoms with Crippen molar-refractivity contribution in [2.24, 2.45) is 4.29 Å². The van der Waals surface area contributed by atoms with Crippen LogP contribution in [0.15, 0.2) is 0 Å². The zero-order chi connectivity index (χ0) is 6.57. The number of nitrogens with two attached hydrogens (primary N) is 1. The van der Waals surface area contributed by atoms with E-state index in [0.717, 1.165) is 0 Å². The maximum atomic E-state index is 10.0. The van der Waals surface area contributed by atoms with E-state index in [4.69, 9.17) is 9.40 Å². The van der Waals surface area contributed by atoms with Crippen LogP contribution in [0, 0.1) is 0 Å². The van der Waals surface area contributed by atoms with Crippen LogP contribution >= 0.6 is 12.6 Å². The Hall–Kier alpha value is 0.468. The molecule has 0 bridgehead atoms. The Morgan fingerprint density at radius 1 is 1.88 bits per heavy atom. The van der Waals surface area contributed by atoms with Crippen LogP contribution in [0.3, 0.4) is 0 Å². The van der Waals surface area contributed by atoms with Gasteiger partial charge in [0.1, 0.15) is 0 Å². The van der Waals surface area contributed by atoms with Gasteiger partial charge < -0.3 is 0 Å². The minimum absolute atomic E-state index is 0.586. The van der Waals surface area contributed by atoms with Crippen LogP contribution in [0.2, 0.25) is 4.81 Å². The molecule has 0 aliphatic carbocycles. The number of thiol groups is 1. The van der Waals surface area contributed by atoms with Crippen molar-refractivity contribution in [1.29, 1.82) is 0 Å². The molecular weight excluding hydrogens is 309 g/mol. The third-order valence-electron chi connectivity index (χ3n) is 0.415. The summed E-state index contributed by atoms with van der Waals surface area (Å²) in [6.45, 7) is 0. The molecule has 0 rings (SSSR count). The molecule has 3 nitrogen and oxygen atoms in total. The van der Waals surface area contributed by atoms with E-state index >= 15 is 0 Å². The molecule has 0 heterocycles. The van der Waals surface area contributed by atoms with Gasteiger partial charge in [0.05, 0.1) is 0 Å². The van der Waals surface area contributed by atoms with Crippen molar-refractivity contribution >= 4 is 17.0 Å². The molecule has 0 aromatic heterocycles. The van der Waals surface area contributed by atoms with Crippen LogP contribution in [-0.4, -0.2) is 15.2 Å². The molecule has 0 unspecified atom stereocenters. The van der Waals surface area contributed by atoms with Crippen molar-refractivity contribution in [3.05, 3.63) is 0 Å². The normalized spacial score (nSPS) is 11.0. The van der Waals surface area contributed by atoms with Crippen molar-refractivity contribution in [2.75, 3.05) is 5.75 Å². The summed E-state index contributed by atoms with van der Waals surface area (Å²) in [6, 6.07) is 0. The molecule has 0 amide bonds. The zero-order valence-corrected chi connectivity index (χ0v) is 7.28. The number of hydrogen-bond donors (Lipinski definition) is 3. The Morgan fingerprint density at radius 2 is 2.38 bits per heavy atom. The van der Waals surface area contributed by atoms with Crippen LogP contribution < -0.4 is 4.29 Å². The second kappa shape index (κ2) is 4.36. The van der Waals surface area contributed by atoms with E-state index in [9.17, 15) is 4.79 Å². The predicted octanol–water partition coefficient (Wildman–Crippen LogP) is 0.504. The van der Waals surface area contributed by atoms with Gasteiger partial charge in [0.15, 0.2) is 0 Å². The number of carbonyl (C=O) groups is 1. The van der Waals surface area contributed by atoms with Gasteiger partial charge in [-0.05, 0) is 0 Å². The van der Waals surface area contributed by atoms with E-state index in [-0.39, 0.29) is 0 Å². The Balaban J connectivity index is 3.32. The van der Waals surface area contributed by atoms with Crippen LogP contribution in [0.25, 0.3) is 0 Å². The molecule has 0 fully saturated rings. The Morgan fingerprint density at radius 3 is 2.50 bits per heavy atom. The average molecular weight is 317 g/mol. The topological polar surface area (TPSA) is 63.3 Å². The summed E-state index contributed by atoms with van der Waals surface area (Å²) in [5, 5.41) is 8.22. The fourth-order valence-electron chi connectivity index (χ4n) is 0.144. The number of hydrogen-bond acceptors (Lipinski definition) is 3. The van der Waals surface area contributed by atoms with Gasteiger partial charge in [0.25, 0.3) is 0 Å². The summed E-state index contributed by atoms with van der Waals surface area (Å²) in [5.41, 5.74) is 0. The van der Waals surface area contributed by atoms with E-state index in [1.165, 1.54) is 0 Å². The van der Waals surface area contributed by atoms with Crippen molar-refractivity contribution < 1.29 is 27.5 Å². The first kappa shape index (κ1) is 8.47. The molecule has 5 heteroatoms. The standard InChI is InChI=1S/C2H5S.CHO2.H2N.Pt/c1-2-3;2-1-3;;/h3H,1-2H2;(H,2,3);1H2;/q;;-1;+1. The second-order valence-corrected chi connectivity index (χ2v) is 5.88. The van der Waals surface area contributed by atoms with Crippen molar-refractivity contribution in [3.63, 3.8) is 0 Å². The third kappa shape index (κ3) is 3.47. The Labute approximate surface area is 59.5 Å². The molecule has 0 atom stereocenters. The Kier molecular flexibility index (Phi) is 4.61. The van der Waals surface area contributed by atoms with Crippen LogP contribution in [0.1, 0.15) is 0 Å². The van der Waals surface area contributed by atoms with Gasteiger partial charge in [-0.2, -0.15) is 0 Å². The first-order valence-electron chi connectivity index (χ1n) is 1.81. The summed E-state index contributed by atoms with van der Waals surface area (Å²) in [5.74, 6) is 0.591. The molecule has 53 valence electrons. The van der Waals surface area contributed by atoms with Crippen molar-refractivity contribution in [2.45, 2.75) is 4.81 Å². The quantitative estimate of drug-likeness (QED) is 0.665. The van der Waals surface area contributed by atoms with Gasteiger partial charge in [0, 0.05) is 0 Å². The van der Waals surface area contributed by atoms with Crippen LogP contribution in [0.5, 0.6) is 0 Å². The van der Waals surface area contributed by atoms with Gasteiger partial charge in [-0.15, -0.1) is 0 Å². The van der Waals surface area contributed by atoms with Gasteiger partial charge >= 0.3 is 59.3 Å². The molecule has 0 radical (unpaired) electrons. The summed E-state index contributed by atoms with van der Waals surface area (Å²) >= 11 is 1.76. The predicted molar refractivity (Wildman–Crippen MR) is 30.9 cm³/mol. The molecular formula is C3H8NO2PtS. The van der Waals surface area contributed by atoms with E-state index in [1.807, 2.05) is 0 Å². The van der Waals surface area contributed by atoms with Gasteiger partial charge in [-0.3, -0.25) is 0 Å². The van der Waals surface area contributed by atoms with E-state index < -0.39 is 21.9 Å². The zero-order valence-electron chi connectivity index (χ0n) is 4.11. The fraction of sp³-hybridized carbons (Fsp3) is 0.667. The first-order chi connectivity index (χ1) is 3.68. The number of rotatable bonds is 3. The van der Waals surface area contributed by atoms with Crippen molar-refractivity contribution in [1.82, 2.24) is 0 Å². The van der Waals surface area contributed by atoms with Crippen LogP contribution in [0.4, 0.5) is 4.79 Å². The molecule has 0 aromatic rings. The Bertz CT molecular complexity index is 89.4. The van der Waals surface area contributed by atoms with E-state index in [0.29, 0.717) is 10.6 Å². The van der Waals surface area contributed by atoms with E-state index in [1.54, 1.807) is 0 Å². The first-order valence-corrected chi connectivity index (χ1v) is 6.50. The molecule has 3 N–H and O–H groups in total. The molecule has 0 aliphatic heterocycles. The van der Waals surface area contributed by atoms with E-state index in [2.05, 4.69) is 12.6 Å². The SMILES string of the molecule is [NH2][Pt]([CH2]CS)[C](=O)O. The molecule has 0 aliphatic rings. The summed E-state index contributed by atoms with van der Waals surface area (Å²) in [4.78, 5) is 10.6. The van der Waals surface area contributed by atoms with Gasteiger partial charge in [0.2, 0.25) is 0 Å². The molecule has 8 heavy (non-hydrogen) atoms. The summed E-state index contributed by atoms with van der Waals surface area (Å²) in [6.07, 6.45) is 0. The third-order valence-corrected chi connectivity index (χ3v) is 4.55. The van der Waals surface area contributed by atoms with Crippen LogP contribution in [-0.2, 0) is 17.6 Å². The monoisotopic (exact) mass is 317 g/mol. The molecule has 0 saturated heterocycles. The number of carboxylic acid groups (broad SMARTS) is 1. The average Bonchev–Trinajstić information content (AvgIpc) is 1.67. The molecule has 0 aromatic carbocycles. The fourth-order valence-corrected chi connectivity index (χ4v) is 2.42. The van der Waals surface area contributed by atoms with Gasteiger partial charge in [-0.25, -0.2) is 0 Å². The second-order valence-electron chi connectivity index (χ2n) is 0.940.